The van der Waals surface area contributed by atoms with E-state index in [4.69, 9.17) is 15.5 Å². The minimum absolute atomic E-state index is 0.0462. The maximum atomic E-state index is 13.5. The van der Waals surface area contributed by atoms with Crippen LogP contribution in [0.5, 0.6) is 5.75 Å². The highest BCUT2D eigenvalue weighted by Gasteiger charge is 2.24. The molecule has 0 bridgehead atoms. The first-order valence-corrected chi connectivity index (χ1v) is 11.1. The lowest BCUT2D eigenvalue weighted by molar-refractivity contribution is -0.117. The Hall–Kier alpha value is -2.32. The third kappa shape index (κ3) is 3.54. The normalized spacial score (nSPS) is 13.0. The van der Waals surface area contributed by atoms with Crippen molar-refractivity contribution in [1.82, 2.24) is 9.55 Å². The third-order valence-corrected chi connectivity index (χ3v) is 6.82. The molecule has 2 heterocycles. The maximum Gasteiger partial charge on any atom is 0.267 e. The molecule has 1 aliphatic rings. The fourth-order valence-corrected chi connectivity index (χ4v) is 5.72. The van der Waals surface area contributed by atoms with Gasteiger partial charge in [-0.05, 0) is 56.0 Å². The molecular weight excluding hydrogens is 394 g/mol. The van der Waals surface area contributed by atoms with Crippen molar-refractivity contribution in [3.63, 3.8) is 0 Å². The Morgan fingerprint density at radius 1 is 1.32 bits per heavy atom. The van der Waals surface area contributed by atoms with Crippen LogP contribution in [0.25, 0.3) is 15.9 Å². The number of nitrogens with two attached hydrogens (primary N) is 1. The molecule has 0 fully saturated rings. The molecule has 4 rings (SSSR count). The van der Waals surface area contributed by atoms with Crippen LogP contribution in [-0.4, -0.2) is 27.8 Å². The molecule has 1 aromatic carbocycles. The fourth-order valence-electron chi connectivity index (χ4n) is 3.45. The molecule has 0 spiro atoms. The molecule has 1 aliphatic carbocycles. The number of thiophene rings is 1. The predicted octanol–water partition coefficient (Wildman–Crippen LogP) is 3.30. The van der Waals surface area contributed by atoms with Crippen LogP contribution in [-0.2, 0) is 17.6 Å². The summed E-state index contributed by atoms with van der Waals surface area (Å²) in [6, 6.07) is 7.44. The molecule has 0 aliphatic heterocycles. The average molecular weight is 416 g/mol. The number of thioether (sulfide) groups is 1. The summed E-state index contributed by atoms with van der Waals surface area (Å²) in [6.07, 6.45) is 3.28. The first-order valence-electron chi connectivity index (χ1n) is 9.30. The SMILES string of the molecule is CCOc1ccc(-n2c(SCCC(N)=O)nc3sc4c(c3c2=O)CCC4)cc1. The monoisotopic (exact) mass is 415 g/mol. The van der Waals surface area contributed by atoms with Crippen LogP contribution >= 0.6 is 23.1 Å². The number of ether oxygens (including phenoxy) is 1. The van der Waals surface area contributed by atoms with Crippen molar-refractivity contribution >= 4 is 39.2 Å². The van der Waals surface area contributed by atoms with Crippen molar-refractivity contribution in [2.24, 2.45) is 5.73 Å². The lowest BCUT2D eigenvalue weighted by atomic mass is 10.2. The van der Waals surface area contributed by atoms with Gasteiger partial charge in [0.1, 0.15) is 10.6 Å². The first kappa shape index (κ1) is 19.0. The molecule has 6 nitrogen and oxygen atoms in total. The van der Waals surface area contributed by atoms with Crippen molar-refractivity contribution in [2.75, 3.05) is 12.4 Å². The lowest BCUT2D eigenvalue weighted by Gasteiger charge is -2.13. The highest BCUT2D eigenvalue weighted by atomic mass is 32.2. The van der Waals surface area contributed by atoms with Crippen molar-refractivity contribution in [2.45, 2.75) is 37.8 Å². The molecular formula is C20H21N3O3S2. The molecule has 0 radical (unpaired) electrons. The standard InChI is InChI=1S/C20H21N3O3S2/c1-2-26-13-8-6-12(7-9-13)23-19(25)17-14-4-3-5-15(14)28-18(17)22-20(23)27-11-10-16(21)24/h6-9H,2-5,10-11H2,1H3,(H2,21,24). The Bertz CT molecular complexity index is 1090. The number of fused-ring (bicyclic) bond motifs is 3. The van der Waals surface area contributed by atoms with Gasteiger partial charge >= 0.3 is 0 Å². The third-order valence-electron chi connectivity index (χ3n) is 4.69. The summed E-state index contributed by atoms with van der Waals surface area (Å²) in [6.45, 7) is 2.52. The van der Waals surface area contributed by atoms with Gasteiger partial charge in [0.05, 0.1) is 17.7 Å². The fraction of sp³-hybridized carbons (Fsp3) is 0.350. The number of benzene rings is 1. The zero-order chi connectivity index (χ0) is 19.7. The number of nitrogens with zero attached hydrogens (tertiary/aromatic N) is 2. The summed E-state index contributed by atoms with van der Waals surface area (Å²) in [7, 11) is 0. The summed E-state index contributed by atoms with van der Waals surface area (Å²) in [4.78, 5) is 31.5. The van der Waals surface area contributed by atoms with Gasteiger partial charge in [0.25, 0.3) is 5.56 Å². The van der Waals surface area contributed by atoms with Gasteiger partial charge in [0, 0.05) is 17.1 Å². The van der Waals surface area contributed by atoms with E-state index in [0.717, 1.165) is 46.5 Å². The molecule has 3 aromatic rings. The highest BCUT2D eigenvalue weighted by Crippen LogP contribution is 2.36. The summed E-state index contributed by atoms with van der Waals surface area (Å²) in [5.74, 6) is 0.876. The van der Waals surface area contributed by atoms with E-state index in [1.807, 2.05) is 31.2 Å². The summed E-state index contributed by atoms with van der Waals surface area (Å²) >= 11 is 3.00. The second-order valence-corrected chi connectivity index (χ2v) is 8.71. The van der Waals surface area contributed by atoms with E-state index in [1.54, 1.807) is 15.9 Å². The number of hydrogen-bond donors (Lipinski definition) is 1. The molecule has 146 valence electrons. The molecule has 2 aromatic heterocycles. The van der Waals surface area contributed by atoms with Gasteiger partial charge in [-0.1, -0.05) is 11.8 Å². The molecule has 1 amide bonds. The van der Waals surface area contributed by atoms with Crippen LogP contribution in [0.15, 0.2) is 34.2 Å². The van der Waals surface area contributed by atoms with Gasteiger partial charge in [-0.3, -0.25) is 14.2 Å². The summed E-state index contributed by atoms with van der Waals surface area (Å²) in [5.41, 5.74) is 7.12. The Morgan fingerprint density at radius 3 is 2.82 bits per heavy atom. The molecule has 0 unspecified atom stereocenters. The molecule has 2 N–H and O–H groups in total. The van der Waals surface area contributed by atoms with Crippen LogP contribution in [0.1, 0.15) is 30.2 Å². The van der Waals surface area contributed by atoms with Gasteiger partial charge in [-0.25, -0.2) is 4.98 Å². The van der Waals surface area contributed by atoms with E-state index in [0.29, 0.717) is 17.5 Å². The number of hydrogen-bond acceptors (Lipinski definition) is 6. The van der Waals surface area contributed by atoms with Crippen LogP contribution in [0.3, 0.4) is 0 Å². The molecule has 0 saturated heterocycles. The number of rotatable bonds is 7. The second kappa shape index (κ2) is 7.97. The Morgan fingerprint density at radius 2 is 2.11 bits per heavy atom. The van der Waals surface area contributed by atoms with Gasteiger partial charge in [0.2, 0.25) is 5.91 Å². The minimum Gasteiger partial charge on any atom is -0.494 e. The van der Waals surface area contributed by atoms with Crippen LogP contribution in [0, 0.1) is 0 Å². The van der Waals surface area contributed by atoms with Gasteiger partial charge in [-0.2, -0.15) is 0 Å². The predicted molar refractivity (Wildman–Crippen MR) is 113 cm³/mol. The number of aryl methyl sites for hydroxylation is 2. The van der Waals surface area contributed by atoms with E-state index >= 15 is 0 Å². The number of carbonyl (C=O) groups is 1. The largest absolute Gasteiger partial charge is 0.494 e. The number of primary amides is 1. The Kier molecular flexibility index (Phi) is 5.41. The Balaban J connectivity index is 1.84. The van der Waals surface area contributed by atoms with E-state index in [9.17, 15) is 9.59 Å². The molecule has 8 heteroatoms. The summed E-state index contributed by atoms with van der Waals surface area (Å²) in [5, 5.41) is 1.33. The maximum absolute atomic E-state index is 13.5. The molecule has 28 heavy (non-hydrogen) atoms. The zero-order valence-electron chi connectivity index (χ0n) is 15.6. The molecule has 0 saturated carbocycles. The van der Waals surface area contributed by atoms with Crippen molar-refractivity contribution < 1.29 is 9.53 Å². The van der Waals surface area contributed by atoms with Crippen LogP contribution in [0.2, 0.25) is 0 Å². The van der Waals surface area contributed by atoms with Crippen LogP contribution in [0.4, 0.5) is 0 Å². The van der Waals surface area contributed by atoms with E-state index in [1.165, 1.54) is 16.6 Å². The highest BCUT2D eigenvalue weighted by molar-refractivity contribution is 7.99. The van der Waals surface area contributed by atoms with Gasteiger partial charge in [0.15, 0.2) is 5.16 Å². The van der Waals surface area contributed by atoms with E-state index in [2.05, 4.69) is 0 Å². The van der Waals surface area contributed by atoms with Gasteiger partial charge in [-0.15, -0.1) is 11.3 Å². The van der Waals surface area contributed by atoms with Crippen molar-refractivity contribution in [1.29, 1.82) is 0 Å². The second-order valence-electron chi connectivity index (χ2n) is 6.56. The van der Waals surface area contributed by atoms with Crippen molar-refractivity contribution in [3.05, 3.63) is 45.1 Å². The van der Waals surface area contributed by atoms with Crippen LogP contribution < -0.4 is 16.0 Å². The number of aromatic nitrogens is 2. The topological polar surface area (TPSA) is 87.2 Å². The number of carbonyl (C=O) groups excluding carboxylic acids is 1. The molecule has 0 atom stereocenters. The Labute approximate surface area is 170 Å². The average Bonchev–Trinajstić information content (AvgIpc) is 3.23. The smallest absolute Gasteiger partial charge is 0.267 e. The zero-order valence-corrected chi connectivity index (χ0v) is 17.2. The number of amides is 1. The van der Waals surface area contributed by atoms with Gasteiger partial charge < -0.3 is 10.5 Å². The quantitative estimate of drug-likeness (QED) is 0.473. The first-order chi connectivity index (χ1) is 13.6. The lowest BCUT2D eigenvalue weighted by Crippen LogP contribution is -2.22. The van der Waals surface area contributed by atoms with E-state index in [-0.39, 0.29) is 17.9 Å². The van der Waals surface area contributed by atoms with Crippen molar-refractivity contribution in [3.8, 4) is 11.4 Å². The minimum atomic E-state index is -0.362. The summed E-state index contributed by atoms with van der Waals surface area (Å²) < 4.78 is 7.16. The van der Waals surface area contributed by atoms with E-state index < -0.39 is 0 Å².